The van der Waals surface area contributed by atoms with Gasteiger partial charge in [0, 0.05) is 27.7 Å². The first-order valence-electron chi connectivity index (χ1n) is 23.1. The third-order valence-corrected chi connectivity index (χ3v) is 14.0. The molecule has 0 N–H and O–H groups in total. The number of rotatable bonds is 8. The van der Waals surface area contributed by atoms with Crippen LogP contribution in [0.4, 0.5) is 17.1 Å². The van der Waals surface area contributed by atoms with Crippen molar-refractivity contribution in [3.63, 3.8) is 0 Å². The van der Waals surface area contributed by atoms with Gasteiger partial charge >= 0.3 is 0 Å². The van der Waals surface area contributed by atoms with E-state index in [1.807, 2.05) is 12.1 Å². The molecule has 12 aromatic rings. The normalized spacial score (nSPS) is 12.6. The quantitative estimate of drug-likeness (QED) is 0.151. The summed E-state index contributed by atoms with van der Waals surface area (Å²) < 4.78 is 6.34. The fourth-order valence-corrected chi connectivity index (χ4v) is 11.0. The second-order valence-electron chi connectivity index (χ2n) is 17.6. The predicted molar refractivity (Wildman–Crippen MR) is 280 cm³/mol. The highest BCUT2D eigenvalue weighted by atomic mass is 16.3. The first-order chi connectivity index (χ1) is 33.2. The number of anilines is 3. The lowest BCUT2D eigenvalue weighted by Gasteiger charge is -2.35. The van der Waals surface area contributed by atoms with E-state index in [9.17, 15) is 0 Å². The van der Waals surface area contributed by atoms with Gasteiger partial charge < -0.3 is 9.32 Å². The van der Waals surface area contributed by atoms with Crippen molar-refractivity contribution in [3.05, 3.63) is 283 Å². The van der Waals surface area contributed by atoms with E-state index in [0.29, 0.717) is 0 Å². The van der Waals surface area contributed by atoms with E-state index in [0.717, 1.165) is 61.3 Å². The van der Waals surface area contributed by atoms with Gasteiger partial charge in [-0.05, 0) is 127 Å². The molecule has 1 aromatic heterocycles. The average molecular weight is 854 g/mol. The lowest BCUT2D eigenvalue weighted by atomic mass is 9.67. The zero-order valence-electron chi connectivity index (χ0n) is 36.7. The van der Waals surface area contributed by atoms with Crippen molar-refractivity contribution in [2.45, 2.75) is 5.41 Å². The van der Waals surface area contributed by atoms with Gasteiger partial charge in [0.25, 0.3) is 0 Å². The fourth-order valence-electron chi connectivity index (χ4n) is 11.0. The Morgan fingerprint density at radius 2 is 0.866 bits per heavy atom. The Balaban J connectivity index is 1.01. The number of para-hydroxylation sites is 2. The minimum atomic E-state index is -0.540. The Labute approximate surface area is 390 Å². The first-order valence-corrected chi connectivity index (χ1v) is 23.1. The van der Waals surface area contributed by atoms with E-state index >= 15 is 0 Å². The molecule has 0 bridgehead atoms. The third-order valence-electron chi connectivity index (χ3n) is 14.0. The van der Waals surface area contributed by atoms with E-state index in [4.69, 9.17) is 4.42 Å². The predicted octanol–water partition coefficient (Wildman–Crippen LogP) is 17.6. The molecule has 2 nitrogen and oxygen atoms in total. The van der Waals surface area contributed by atoms with Gasteiger partial charge in [-0.15, -0.1) is 0 Å². The van der Waals surface area contributed by atoms with Crippen LogP contribution in [0.1, 0.15) is 22.3 Å². The summed E-state index contributed by atoms with van der Waals surface area (Å²) in [5, 5.41) is 4.75. The van der Waals surface area contributed by atoms with Crippen molar-refractivity contribution in [3.8, 4) is 44.5 Å². The van der Waals surface area contributed by atoms with E-state index in [-0.39, 0.29) is 0 Å². The molecule has 0 saturated carbocycles. The number of benzene rings is 11. The zero-order chi connectivity index (χ0) is 44.3. The molecular weight excluding hydrogens is 811 g/mol. The van der Waals surface area contributed by atoms with Crippen LogP contribution in [-0.4, -0.2) is 0 Å². The van der Waals surface area contributed by atoms with E-state index in [2.05, 4.69) is 254 Å². The lowest BCUT2D eigenvalue weighted by Crippen LogP contribution is -2.28. The van der Waals surface area contributed by atoms with Crippen molar-refractivity contribution in [1.82, 2.24) is 0 Å². The summed E-state index contributed by atoms with van der Waals surface area (Å²) in [5.41, 5.74) is 19.0. The summed E-state index contributed by atoms with van der Waals surface area (Å²) in [7, 11) is 0. The zero-order valence-corrected chi connectivity index (χ0v) is 36.7. The van der Waals surface area contributed by atoms with Crippen LogP contribution in [0.5, 0.6) is 0 Å². The van der Waals surface area contributed by atoms with Crippen LogP contribution >= 0.6 is 0 Å². The van der Waals surface area contributed by atoms with E-state index in [1.165, 1.54) is 55.3 Å². The van der Waals surface area contributed by atoms with Crippen LogP contribution in [-0.2, 0) is 5.41 Å². The Hall–Kier alpha value is -8.72. The largest absolute Gasteiger partial charge is 0.456 e. The van der Waals surface area contributed by atoms with Crippen LogP contribution in [0.3, 0.4) is 0 Å². The molecule has 1 aliphatic carbocycles. The minimum absolute atomic E-state index is 0.540. The third kappa shape index (κ3) is 6.26. The molecule has 0 amide bonds. The molecule has 13 rings (SSSR count). The number of furan rings is 1. The van der Waals surface area contributed by atoms with Crippen LogP contribution in [0, 0.1) is 0 Å². The highest BCUT2D eigenvalue weighted by Crippen LogP contribution is 2.57. The maximum Gasteiger partial charge on any atom is 0.136 e. The van der Waals surface area contributed by atoms with Gasteiger partial charge in [0.1, 0.15) is 11.2 Å². The van der Waals surface area contributed by atoms with Crippen molar-refractivity contribution >= 4 is 49.8 Å². The second-order valence-corrected chi connectivity index (χ2v) is 17.6. The van der Waals surface area contributed by atoms with Gasteiger partial charge in [0.2, 0.25) is 0 Å². The molecule has 314 valence electrons. The summed E-state index contributed by atoms with van der Waals surface area (Å²) >= 11 is 0. The molecule has 11 aromatic carbocycles. The first kappa shape index (κ1) is 38.7. The van der Waals surface area contributed by atoms with Crippen molar-refractivity contribution in [2.75, 3.05) is 4.90 Å². The Kier molecular flexibility index (Phi) is 9.11. The van der Waals surface area contributed by atoms with Gasteiger partial charge in [0.15, 0.2) is 0 Å². The van der Waals surface area contributed by atoms with Crippen LogP contribution in [0.25, 0.3) is 77.2 Å². The number of hydrogen-bond donors (Lipinski definition) is 0. The second kappa shape index (κ2) is 15.8. The summed E-state index contributed by atoms with van der Waals surface area (Å²) in [6, 6.07) is 95.2. The molecule has 2 heteroatoms. The summed E-state index contributed by atoms with van der Waals surface area (Å²) in [6.45, 7) is 0. The maximum absolute atomic E-state index is 6.34. The number of nitrogens with zero attached hydrogens (tertiary/aromatic N) is 1. The summed E-state index contributed by atoms with van der Waals surface area (Å²) in [4.78, 5) is 2.45. The molecule has 0 saturated heterocycles. The fraction of sp³-hybridized carbons (Fsp3) is 0.0154. The summed E-state index contributed by atoms with van der Waals surface area (Å²) in [5.74, 6) is 0. The lowest BCUT2D eigenvalue weighted by molar-refractivity contribution is 0.669. The maximum atomic E-state index is 6.34. The smallest absolute Gasteiger partial charge is 0.136 e. The Morgan fingerprint density at radius 1 is 0.299 bits per heavy atom. The van der Waals surface area contributed by atoms with Crippen LogP contribution < -0.4 is 4.90 Å². The molecule has 0 aliphatic heterocycles. The van der Waals surface area contributed by atoms with Gasteiger partial charge in [-0.1, -0.05) is 206 Å². The molecule has 67 heavy (non-hydrogen) atoms. The molecule has 0 spiro atoms. The highest BCUT2D eigenvalue weighted by Gasteiger charge is 2.46. The molecule has 1 aliphatic rings. The molecule has 0 unspecified atom stereocenters. The highest BCUT2D eigenvalue weighted by molar-refractivity contribution is 6.06. The standard InChI is InChI=1S/C65H43NO/c1-3-21-49(22-4-1)65(50-23-5-2-6-24-50)60-30-12-9-27-56(60)57-40-38-52(43-61(57)65)66(51-36-33-44(34-37-51)46-35-39-59-58-28-11-14-32-63(58)67-64(59)42-46)62-31-13-10-26-55(62)48-20-15-19-47(41-48)54-29-16-18-45-17-7-8-25-53(45)54/h1-43H. The number of hydrogen-bond acceptors (Lipinski definition) is 2. The van der Waals surface area contributed by atoms with Crippen LogP contribution in [0.2, 0.25) is 0 Å². The molecule has 0 radical (unpaired) electrons. The Morgan fingerprint density at radius 3 is 1.67 bits per heavy atom. The summed E-state index contributed by atoms with van der Waals surface area (Å²) in [6.07, 6.45) is 0. The van der Waals surface area contributed by atoms with Crippen molar-refractivity contribution in [2.24, 2.45) is 0 Å². The molecule has 1 heterocycles. The van der Waals surface area contributed by atoms with E-state index < -0.39 is 5.41 Å². The molecule has 0 fully saturated rings. The molecule has 0 atom stereocenters. The monoisotopic (exact) mass is 853 g/mol. The van der Waals surface area contributed by atoms with Gasteiger partial charge in [-0.25, -0.2) is 0 Å². The van der Waals surface area contributed by atoms with Crippen LogP contribution in [0.15, 0.2) is 265 Å². The van der Waals surface area contributed by atoms with Gasteiger partial charge in [-0.2, -0.15) is 0 Å². The van der Waals surface area contributed by atoms with Gasteiger partial charge in [0.05, 0.1) is 11.1 Å². The topological polar surface area (TPSA) is 16.4 Å². The van der Waals surface area contributed by atoms with Crippen molar-refractivity contribution < 1.29 is 4.42 Å². The molecular formula is C65H43NO. The minimum Gasteiger partial charge on any atom is -0.456 e. The van der Waals surface area contributed by atoms with Crippen molar-refractivity contribution in [1.29, 1.82) is 0 Å². The average Bonchev–Trinajstić information content (AvgIpc) is 3.93. The Bertz CT molecular complexity index is 3760. The SMILES string of the molecule is c1ccc(C2(c3ccccc3)c3ccccc3-c3ccc(N(c4ccc(-c5ccc6c(c5)oc5ccccc56)cc4)c4ccccc4-c4cccc(-c5cccc6ccccc56)c4)cc32)cc1. The number of fused-ring (bicyclic) bond motifs is 7. The van der Waals surface area contributed by atoms with Gasteiger partial charge in [-0.3, -0.25) is 0 Å². The van der Waals surface area contributed by atoms with E-state index in [1.54, 1.807) is 0 Å².